The molecule has 0 bridgehead atoms. The van der Waals surface area contributed by atoms with Crippen LogP contribution in [0.3, 0.4) is 0 Å². The van der Waals surface area contributed by atoms with Gasteiger partial charge in [0.15, 0.2) is 5.78 Å². The molecular formula is C8H10NO2S+. The Bertz CT molecular complexity index is 279. The summed E-state index contributed by atoms with van der Waals surface area (Å²) in [4.78, 5) is 22.7. The lowest BCUT2D eigenvalue weighted by molar-refractivity contribution is -0.538. The Hall–Kier alpha value is -1.000. The van der Waals surface area contributed by atoms with Crippen molar-refractivity contribution in [1.82, 2.24) is 0 Å². The van der Waals surface area contributed by atoms with Crippen LogP contribution in [0.5, 0.6) is 0 Å². The first-order chi connectivity index (χ1) is 5.74. The first-order valence-corrected chi connectivity index (χ1v) is 4.51. The van der Waals surface area contributed by atoms with Gasteiger partial charge in [0, 0.05) is 0 Å². The molecule has 3 nitrogen and oxygen atoms in total. The summed E-state index contributed by atoms with van der Waals surface area (Å²) in [6.07, 6.45) is -0.00296. The summed E-state index contributed by atoms with van der Waals surface area (Å²) in [5.41, 5.74) is 0. The van der Waals surface area contributed by atoms with E-state index in [0.717, 1.165) is 0 Å². The number of carbonyl (C=O) groups is 2. The average molecular weight is 184 g/mol. The SMILES string of the molecule is C[NH2+]C(=O)CC(=O)c1cccs1. The summed E-state index contributed by atoms with van der Waals surface area (Å²) in [5.74, 6) is -0.207. The molecule has 1 aromatic heterocycles. The van der Waals surface area contributed by atoms with Gasteiger partial charge in [-0.15, -0.1) is 11.3 Å². The maximum atomic E-state index is 11.2. The predicted molar refractivity (Wildman–Crippen MR) is 46.1 cm³/mol. The quantitative estimate of drug-likeness (QED) is 0.532. The topological polar surface area (TPSA) is 50.8 Å². The number of quaternary nitrogens is 1. The molecule has 0 spiro atoms. The van der Waals surface area contributed by atoms with Gasteiger partial charge in [-0.1, -0.05) is 6.07 Å². The van der Waals surface area contributed by atoms with Crippen molar-refractivity contribution in [2.24, 2.45) is 0 Å². The zero-order valence-electron chi connectivity index (χ0n) is 6.74. The van der Waals surface area contributed by atoms with Gasteiger partial charge in [0.25, 0.3) is 0 Å². The first kappa shape index (κ1) is 9.09. The van der Waals surface area contributed by atoms with Gasteiger partial charge < -0.3 is 0 Å². The van der Waals surface area contributed by atoms with Gasteiger partial charge in [-0.3, -0.25) is 10.1 Å². The smallest absolute Gasteiger partial charge is 0.293 e. The fourth-order valence-corrected chi connectivity index (χ4v) is 1.45. The number of amides is 1. The molecule has 0 radical (unpaired) electrons. The van der Waals surface area contributed by atoms with Crippen molar-refractivity contribution < 1.29 is 14.9 Å². The summed E-state index contributed by atoms with van der Waals surface area (Å²) in [7, 11) is 1.64. The number of thiophene rings is 1. The molecule has 0 unspecified atom stereocenters. The molecule has 1 aromatic rings. The van der Waals surface area contributed by atoms with Crippen LogP contribution in [-0.4, -0.2) is 18.7 Å². The fraction of sp³-hybridized carbons (Fsp3) is 0.250. The minimum absolute atomic E-state index is 0.00296. The summed E-state index contributed by atoms with van der Waals surface area (Å²) in [5, 5.41) is 3.25. The number of hydrogen-bond donors (Lipinski definition) is 1. The fourth-order valence-electron chi connectivity index (χ4n) is 0.785. The Kier molecular flexibility index (Phi) is 3.13. The van der Waals surface area contributed by atoms with Crippen molar-refractivity contribution >= 4 is 23.0 Å². The summed E-state index contributed by atoms with van der Waals surface area (Å²) >= 11 is 1.37. The lowest BCUT2D eigenvalue weighted by Crippen LogP contribution is -2.84. The van der Waals surface area contributed by atoms with Gasteiger partial charge in [-0.2, -0.15) is 0 Å². The minimum Gasteiger partial charge on any atom is -0.293 e. The Labute approximate surface area is 74.4 Å². The molecule has 0 saturated heterocycles. The monoisotopic (exact) mass is 184 g/mol. The molecule has 0 aliphatic heterocycles. The van der Waals surface area contributed by atoms with Gasteiger partial charge >= 0.3 is 5.91 Å². The molecule has 1 amide bonds. The molecule has 0 fully saturated rings. The van der Waals surface area contributed by atoms with E-state index in [0.29, 0.717) is 4.88 Å². The van der Waals surface area contributed by atoms with E-state index >= 15 is 0 Å². The molecule has 1 rings (SSSR count). The first-order valence-electron chi connectivity index (χ1n) is 3.63. The Morgan fingerprint density at radius 1 is 1.58 bits per heavy atom. The second-order valence-electron chi connectivity index (χ2n) is 2.33. The van der Waals surface area contributed by atoms with Crippen molar-refractivity contribution in [3.05, 3.63) is 22.4 Å². The standard InChI is InChI=1S/C8H9NO2S/c1-9-8(11)5-6(10)7-3-2-4-12-7/h2-4H,5H2,1H3,(H,9,11)/p+1. The zero-order valence-corrected chi connectivity index (χ0v) is 7.56. The highest BCUT2D eigenvalue weighted by molar-refractivity contribution is 7.12. The molecule has 0 atom stereocenters. The molecule has 0 saturated carbocycles. The molecule has 0 aliphatic carbocycles. The maximum Gasteiger partial charge on any atom is 0.318 e. The predicted octanol–water partition coefficient (Wildman–Crippen LogP) is 0.0407. The molecule has 64 valence electrons. The Morgan fingerprint density at radius 3 is 2.83 bits per heavy atom. The van der Waals surface area contributed by atoms with Crippen LogP contribution in [0.1, 0.15) is 16.1 Å². The van der Waals surface area contributed by atoms with Gasteiger partial charge in [0.1, 0.15) is 6.42 Å². The van der Waals surface area contributed by atoms with E-state index in [2.05, 4.69) is 0 Å². The van der Waals surface area contributed by atoms with E-state index < -0.39 is 0 Å². The molecular weight excluding hydrogens is 174 g/mol. The van der Waals surface area contributed by atoms with E-state index in [1.807, 2.05) is 5.38 Å². The number of rotatable bonds is 3. The number of nitrogens with two attached hydrogens (primary N) is 1. The van der Waals surface area contributed by atoms with Crippen molar-refractivity contribution in [2.75, 3.05) is 7.05 Å². The maximum absolute atomic E-state index is 11.2. The number of Topliss-reactive ketones (excluding diaryl/α,β-unsaturated/α-hetero) is 1. The summed E-state index contributed by atoms with van der Waals surface area (Å²) < 4.78 is 0. The third-order valence-corrected chi connectivity index (χ3v) is 2.36. The lowest BCUT2D eigenvalue weighted by Gasteiger charge is -1.91. The van der Waals surface area contributed by atoms with Crippen LogP contribution in [0.4, 0.5) is 0 Å². The third-order valence-electron chi connectivity index (χ3n) is 1.45. The molecule has 4 heteroatoms. The van der Waals surface area contributed by atoms with E-state index in [1.165, 1.54) is 16.7 Å². The number of hydrogen-bond acceptors (Lipinski definition) is 3. The average Bonchev–Trinajstić information content (AvgIpc) is 2.56. The van der Waals surface area contributed by atoms with E-state index in [4.69, 9.17) is 0 Å². The molecule has 2 N–H and O–H groups in total. The van der Waals surface area contributed by atoms with E-state index in [9.17, 15) is 9.59 Å². The van der Waals surface area contributed by atoms with E-state index in [-0.39, 0.29) is 18.1 Å². The van der Waals surface area contributed by atoms with Crippen molar-refractivity contribution in [2.45, 2.75) is 6.42 Å². The third kappa shape index (κ3) is 2.25. The largest absolute Gasteiger partial charge is 0.318 e. The lowest BCUT2D eigenvalue weighted by atomic mass is 10.2. The number of primary amides is 1. The molecule has 1 heterocycles. The highest BCUT2D eigenvalue weighted by Crippen LogP contribution is 2.10. The van der Waals surface area contributed by atoms with Crippen LogP contribution in [-0.2, 0) is 4.79 Å². The van der Waals surface area contributed by atoms with Gasteiger partial charge in [0.05, 0.1) is 11.9 Å². The minimum atomic E-state index is -0.117. The van der Waals surface area contributed by atoms with Crippen molar-refractivity contribution in [3.63, 3.8) is 0 Å². The van der Waals surface area contributed by atoms with Gasteiger partial charge in [-0.25, -0.2) is 4.79 Å². The highest BCUT2D eigenvalue weighted by atomic mass is 32.1. The second kappa shape index (κ2) is 4.13. The van der Waals surface area contributed by atoms with Crippen LogP contribution in [0.2, 0.25) is 0 Å². The van der Waals surface area contributed by atoms with Crippen LogP contribution >= 0.6 is 11.3 Å². The highest BCUT2D eigenvalue weighted by Gasteiger charge is 2.13. The van der Waals surface area contributed by atoms with Gasteiger partial charge in [0.2, 0.25) is 0 Å². The number of ketones is 1. The molecule has 0 aromatic carbocycles. The zero-order chi connectivity index (χ0) is 8.97. The van der Waals surface area contributed by atoms with Crippen LogP contribution in [0, 0.1) is 0 Å². The number of carbonyl (C=O) groups excluding carboxylic acids is 2. The van der Waals surface area contributed by atoms with Crippen molar-refractivity contribution in [1.29, 1.82) is 0 Å². The van der Waals surface area contributed by atoms with Gasteiger partial charge in [-0.05, 0) is 11.4 Å². The summed E-state index contributed by atoms with van der Waals surface area (Å²) in [6, 6.07) is 3.54. The van der Waals surface area contributed by atoms with Crippen LogP contribution in [0.25, 0.3) is 0 Å². The van der Waals surface area contributed by atoms with Crippen LogP contribution < -0.4 is 5.32 Å². The Morgan fingerprint density at radius 2 is 2.33 bits per heavy atom. The molecule has 0 aliphatic rings. The Balaban J connectivity index is 2.56. The summed E-state index contributed by atoms with van der Waals surface area (Å²) in [6.45, 7) is 0. The van der Waals surface area contributed by atoms with Crippen molar-refractivity contribution in [3.8, 4) is 0 Å². The second-order valence-corrected chi connectivity index (χ2v) is 3.28. The normalized spacial score (nSPS) is 9.75. The van der Waals surface area contributed by atoms with E-state index in [1.54, 1.807) is 19.2 Å². The van der Waals surface area contributed by atoms with Crippen LogP contribution in [0.15, 0.2) is 17.5 Å². The molecule has 12 heavy (non-hydrogen) atoms.